The summed E-state index contributed by atoms with van der Waals surface area (Å²) in [6.45, 7) is 9.14. The van der Waals surface area contributed by atoms with Crippen LogP contribution in [0.25, 0.3) is 0 Å². The van der Waals surface area contributed by atoms with Gasteiger partial charge in [-0.2, -0.15) is 0 Å². The summed E-state index contributed by atoms with van der Waals surface area (Å²) < 4.78 is 0. The predicted octanol–water partition coefficient (Wildman–Crippen LogP) is 2.72. The van der Waals surface area contributed by atoms with Crippen LogP contribution in [-0.2, 0) is 0 Å². The van der Waals surface area contributed by atoms with Crippen LogP contribution in [0.3, 0.4) is 0 Å². The minimum absolute atomic E-state index is 0.380. The van der Waals surface area contributed by atoms with Crippen molar-refractivity contribution in [2.75, 3.05) is 38.6 Å². The molecule has 0 aromatic heterocycles. The molecule has 112 valence electrons. The first-order valence-corrected chi connectivity index (χ1v) is 7.05. The highest BCUT2D eigenvalue weighted by Crippen LogP contribution is 2.20. The number of hydrogen-bond donors (Lipinski definition) is 1. The molecule has 0 saturated carbocycles. The van der Waals surface area contributed by atoms with Gasteiger partial charge in [-0.3, -0.25) is 0 Å². The first-order chi connectivity index (χ1) is 9.31. The molecule has 0 fully saturated rings. The Balaban J connectivity index is 2.95. The van der Waals surface area contributed by atoms with Crippen LogP contribution < -0.4 is 4.90 Å². The summed E-state index contributed by atoms with van der Waals surface area (Å²) in [4.78, 5) is 15.6. The molecule has 1 aromatic rings. The highest BCUT2D eigenvalue weighted by Gasteiger charge is 2.12. The summed E-state index contributed by atoms with van der Waals surface area (Å²) in [5, 5.41) is 9.10. The Kier molecular flexibility index (Phi) is 6.02. The number of aromatic carboxylic acids is 1. The number of benzene rings is 1. The van der Waals surface area contributed by atoms with E-state index < -0.39 is 5.97 Å². The van der Waals surface area contributed by atoms with Gasteiger partial charge < -0.3 is 14.9 Å². The average Bonchev–Trinajstić information content (AvgIpc) is 2.33. The van der Waals surface area contributed by atoms with Crippen LogP contribution in [0.15, 0.2) is 18.2 Å². The van der Waals surface area contributed by atoms with Gasteiger partial charge in [0.25, 0.3) is 0 Å². The molecular formula is C16H26N2O2. The van der Waals surface area contributed by atoms with E-state index in [9.17, 15) is 4.79 Å². The number of carbonyl (C=O) groups is 1. The number of anilines is 1. The Morgan fingerprint density at radius 3 is 2.35 bits per heavy atom. The van der Waals surface area contributed by atoms with Gasteiger partial charge in [0.05, 0.1) is 5.56 Å². The first kappa shape index (κ1) is 16.5. The van der Waals surface area contributed by atoms with E-state index >= 15 is 0 Å². The van der Waals surface area contributed by atoms with E-state index in [1.54, 1.807) is 6.07 Å². The molecule has 0 aliphatic carbocycles. The largest absolute Gasteiger partial charge is 0.478 e. The van der Waals surface area contributed by atoms with Crippen LogP contribution in [0, 0.1) is 12.8 Å². The highest BCUT2D eigenvalue weighted by atomic mass is 16.4. The first-order valence-electron chi connectivity index (χ1n) is 7.05. The summed E-state index contributed by atoms with van der Waals surface area (Å²) in [6.07, 6.45) is 0. The van der Waals surface area contributed by atoms with E-state index in [0.29, 0.717) is 11.5 Å². The van der Waals surface area contributed by atoms with Crippen molar-refractivity contribution in [1.82, 2.24) is 4.90 Å². The van der Waals surface area contributed by atoms with Gasteiger partial charge in [-0.05, 0) is 50.7 Å². The number of nitrogens with zero attached hydrogens (tertiary/aromatic N) is 2. The lowest BCUT2D eigenvalue weighted by molar-refractivity contribution is 0.0696. The van der Waals surface area contributed by atoms with Gasteiger partial charge in [-0.25, -0.2) is 4.79 Å². The van der Waals surface area contributed by atoms with Crippen LogP contribution >= 0.6 is 0 Å². The molecular weight excluding hydrogens is 252 g/mol. The number of carboxylic acids is 1. The molecule has 0 aliphatic rings. The molecule has 0 saturated heterocycles. The number of rotatable bonds is 7. The molecule has 0 heterocycles. The standard InChI is InChI=1S/C16H26N2O2/c1-12(2)11-18(9-8-17(4)5)14-6-7-15(16(19)20)13(3)10-14/h6-7,10,12H,8-9,11H2,1-5H3,(H,19,20). The third-order valence-electron chi connectivity index (χ3n) is 3.21. The van der Waals surface area contributed by atoms with Gasteiger partial charge in [0.1, 0.15) is 0 Å². The van der Waals surface area contributed by atoms with Crippen molar-refractivity contribution < 1.29 is 9.90 Å². The zero-order valence-corrected chi connectivity index (χ0v) is 13.2. The lowest BCUT2D eigenvalue weighted by Crippen LogP contribution is -2.34. The van der Waals surface area contributed by atoms with Crippen molar-refractivity contribution in [3.05, 3.63) is 29.3 Å². The van der Waals surface area contributed by atoms with Gasteiger partial charge in [0.15, 0.2) is 0 Å². The monoisotopic (exact) mass is 278 g/mol. The van der Waals surface area contributed by atoms with Crippen LogP contribution in [0.4, 0.5) is 5.69 Å². The summed E-state index contributed by atoms with van der Waals surface area (Å²) in [7, 11) is 4.12. The third kappa shape index (κ3) is 4.85. The second-order valence-corrected chi connectivity index (χ2v) is 5.95. The molecule has 4 nitrogen and oxygen atoms in total. The predicted molar refractivity (Wildman–Crippen MR) is 83.7 cm³/mol. The fraction of sp³-hybridized carbons (Fsp3) is 0.562. The van der Waals surface area contributed by atoms with E-state index in [1.165, 1.54) is 0 Å². The molecule has 0 radical (unpaired) electrons. The molecule has 20 heavy (non-hydrogen) atoms. The molecule has 0 spiro atoms. The van der Waals surface area contributed by atoms with Gasteiger partial charge in [-0.15, -0.1) is 0 Å². The Labute approximate surface area is 122 Å². The Hall–Kier alpha value is -1.55. The molecule has 0 aliphatic heterocycles. The lowest BCUT2D eigenvalue weighted by atomic mass is 10.1. The summed E-state index contributed by atoms with van der Waals surface area (Å²) >= 11 is 0. The number of hydrogen-bond acceptors (Lipinski definition) is 3. The quantitative estimate of drug-likeness (QED) is 0.833. The molecule has 1 aromatic carbocycles. The van der Waals surface area contributed by atoms with E-state index in [1.807, 2.05) is 19.1 Å². The summed E-state index contributed by atoms with van der Waals surface area (Å²) in [5.74, 6) is -0.297. The molecule has 0 amide bonds. The fourth-order valence-corrected chi connectivity index (χ4v) is 2.17. The topological polar surface area (TPSA) is 43.8 Å². The number of aryl methyl sites for hydroxylation is 1. The van der Waals surface area contributed by atoms with Crippen molar-refractivity contribution >= 4 is 11.7 Å². The second-order valence-electron chi connectivity index (χ2n) is 5.95. The Morgan fingerprint density at radius 2 is 1.90 bits per heavy atom. The average molecular weight is 278 g/mol. The van der Waals surface area contributed by atoms with E-state index in [4.69, 9.17) is 5.11 Å². The molecule has 1 N–H and O–H groups in total. The van der Waals surface area contributed by atoms with Gasteiger partial charge in [-0.1, -0.05) is 13.8 Å². The molecule has 4 heteroatoms. The molecule has 1 rings (SSSR count). The maximum Gasteiger partial charge on any atom is 0.335 e. The minimum atomic E-state index is -0.863. The van der Waals surface area contributed by atoms with Crippen molar-refractivity contribution in [1.29, 1.82) is 0 Å². The van der Waals surface area contributed by atoms with Crippen LogP contribution in [0.2, 0.25) is 0 Å². The normalized spacial score (nSPS) is 11.2. The fourth-order valence-electron chi connectivity index (χ4n) is 2.17. The van der Waals surface area contributed by atoms with Crippen molar-refractivity contribution in [2.24, 2.45) is 5.92 Å². The summed E-state index contributed by atoms with van der Waals surface area (Å²) in [5.41, 5.74) is 2.29. The van der Waals surface area contributed by atoms with Gasteiger partial charge in [0.2, 0.25) is 0 Å². The van der Waals surface area contributed by atoms with E-state index in [2.05, 4.69) is 37.7 Å². The summed E-state index contributed by atoms with van der Waals surface area (Å²) in [6, 6.07) is 5.59. The van der Waals surface area contributed by atoms with Crippen LogP contribution in [0.1, 0.15) is 29.8 Å². The lowest BCUT2D eigenvalue weighted by Gasteiger charge is -2.28. The molecule has 0 unspecified atom stereocenters. The van der Waals surface area contributed by atoms with Crippen LogP contribution in [0.5, 0.6) is 0 Å². The van der Waals surface area contributed by atoms with Gasteiger partial charge in [0, 0.05) is 25.3 Å². The maximum absolute atomic E-state index is 11.1. The molecule has 0 bridgehead atoms. The SMILES string of the molecule is Cc1cc(N(CCN(C)C)CC(C)C)ccc1C(=O)O. The Bertz CT molecular complexity index is 456. The third-order valence-corrected chi connectivity index (χ3v) is 3.21. The minimum Gasteiger partial charge on any atom is -0.478 e. The highest BCUT2D eigenvalue weighted by molar-refractivity contribution is 5.89. The second kappa shape index (κ2) is 7.29. The van der Waals surface area contributed by atoms with Crippen molar-refractivity contribution in [3.63, 3.8) is 0 Å². The zero-order chi connectivity index (χ0) is 15.3. The number of carboxylic acid groups (broad SMARTS) is 1. The van der Waals surface area contributed by atoms with Crippen molar-refractivity contribution in [3.8, 4) is 0 Å². The maximum atomic E-state index is 11.1. The van der Waals surface area contributed by atoms with Crippen LogP contribution in [-0.4, -0.2) is 49.7 Å². The van der Waals surface area contributed by atoms with Gasteiger partial charge >= 0.3 is 5.97 Å². The smallest absolute Gasteiger partial charge is 0.335 e. The van der Waals surface area contributed by atoms with Crippen molar-refractivity contribution in [2.45, 2.75) is 20.8 Å². The zero-order valence-electron chi connectivity index (χ0n) is 13.2. The van der Waals surface area contributed by atoms with E-state index in [0.717, 1.165) is 30.9 Å². The van der Waals surface area contributed by atoms with E-state index in [-0.39, 0.29) is 0 Å². The number of likely N-dealkylation sites (N-methyl/N-ethyl adjacent to an activating group) is 1. The molecule has 0 atom stereocenters. The Morgan fingerprint density at radius 1 is 1.25 bits per heavy atom.